The zero-order valence-electron chi connectivity index (χ0n) is 14.6. The van der Waals surface area contributed by atoms with Crippen molar-refractivity contribution in [3.8, 4) is 0 Å². The second-order valence-corrected chi connectivity index (χ2v) is 8.10. The first-order chi connectivity index (χ1) is 11.6. The van der Waals surface area contributed by atoms with Gasteiger partial charge in [-0.15, -0.1) is 24.0 Å². The molecule has 138 valence electrons. The van der Waals surface area contributed by atoms with Gasteiger partial charge in [-0.3, -0.25) is 9.69 Å². The minimum absolute atomic E-state index is 0. The topological polar surface area (TPSA) is 26.8 Å². The molecule has 2 heterocycles. The van der Waals surface area contributed by atoms with Crippen molar-refractivity contribution >= 4 is 47.2 Å². The van der Waals surface area contributed by atoms with E-state index in [0.717, 1.165) is 50.0 Å². The van der Waals surface area contributed by atoms with E-state index in [9.17, 15) is 4.79 Å². The number of nitrogens with zero attached hydrogens (tertiary/aromatic N) is 3. The molecule has 25 heavy (non-hydrogen) atoms. The fourth-order valence-corrected chi connectivity index (χ4v) is 4.61. The highest BCUT2D eigenvalue weighted by molar-refractivity contribution is 14.0. The van der Waals surface area contributed by atoms with E-state index >= 15 is 0 Å². The van der Waals surface area contributed by atoms with E-state index in [4.69, 9.17) is 11.6 Å². The van der Waals surface area contributed by atoms with Gasteiger partial charge in [0.25, 0.3) is 0 Å². The van der Waals surface area contributed by atoms with Crippen LogP contribution in [0.2, 0.25) is 5.02 Å². The molecule has 1 aromatic carbocycles. The van der Waals surface area contributed by atoms with Crippen LogP contribution in [0, 0.1) is 5.41 Å². The maximum atomic E-state index is 12.6. The molecule has 0 aromatic heterocycles. The van der Waals surface area contributed by atoms with Gasteiger partial charge >= 0.3 is 0 Å². The average molecular weight is 476 g/mol. The number of piperazine rings is 1. The van der Waals surface area contributed by atoms with Crippen molar-refractivity contribution in [3.05, 3.63) is 29.3 Å². The Hall–Kier alpha value is -0.530. The molecule has 4 rings (SSSR count). The van der Waals surface area contributed by atoms with Crippen molar-refractivity contribution in [2.24, 2.45) is 5.41 Å². The van der Waals surface area contributed by atoms with E-state index in [0.29, 0.717) is 17.9 Å². The van der Waals surface area contributed by atoms with Crippen LogP contribution in [-0.2, 0) is 4.79 Å². The van der Waals surface area contributed by atoms with Gasteiger partial charge in [-0.2, -0.15) is 0 Å². The quantitative estimate of drug-likeness (QED) is 0.626. The monoisotopic (exact) mass is 475 g/mol. The minimum Gasteiger partial charge on any atom is -0.368 e. The van der Waals surface area contributed by atoms with Crippen LogP contribution in [0.15, 0.2) is 24.3 Å². The smallest absolute Gasteiger partial charge is 0.236 e. The number of halogens is 2. The van der Waals surface area contributed by atoms with Gasteiger partial charge in [-0.05, 0) is 49.4 Å². The molecule has 0 N–H and O–H groups in total. The molecule has 0 radical (unpaired) electrons. The first-order valence-corrected chi connectivity index (χ1v) is 9.52. The number of benzene rings is 1. The second-order valence-electron chi connectivity index (χ2n) is 7.66. The van der Waals surface area contributed by atoms with Crippen LogP contribution in [0.4, 0.5) is 5.69 Å². The lowest BCUT2D eigenvalue weighted by Crippen LogP contribution is -2.51. The number of hydrogen-bond donors (Lipinski definition) is 0. The minimum atomic E-state index is 0. The Morgan fingerprint density at radius 3 is 2.44 bits per heavy atom. The molecular formula is C19H27ClIN3O. The lowest BCUT2D eigenvalue weighted by molar-refractivity contribution is -0.132. The third-order valence-electron chi connectivity index (χ3n) is 6.10. The van der Waals surface area contributed by atoms with Crippen LogP contribution in [-0.4, -0.2) is 61.5 Å². The molecule has 0 bridgehead atoms. The standard InChI is InChI=1S/C19H26ClN3O.HI/c20-16-3-1-4-17(13-16)22-9-11-23(12-10-22)18(24)14-21-8-7-19(15-21)5-2-6-19;/h1,3-4,13H,2,5-12,14-15H2;1H. The maximum Gasteiger partial charge on any atom is 0.236 e. The van der Waals surface area contributed by atoms with Gasteiger partial charge in [0.15, 0.2) is 0 Å². The second kappa shape index (κ2) is 8.01. The molecule has 2 saturated heterocycles. The number of carbonyl (C=O) groups is 1. The third kappa shape index (κ3) is 4.25. The lowest BCUT2D eigenvalue weighted by Gasteiger charge is -2.39. The summed E-state index contributed by atoms with van der Waals surface area (Å²) in [4.78, 5) is 19.3. The Morgan fingerprint density at radius 2 is 1.84 bits per heavy atom. The van der Waals surface area contributed by atoms with Gasteiger partial charge in [-0.1, -0.05) is 24.1 Å². The Balaban J connectivity index is 0.00000182. The van der Waals surface area contributed by atoms with E-state index in [1.807, 2.05) is 23.1 Å². The average Bonchev–Trinajstić information content (AvgIpc) is 2.99. The van der Waals surface area contributed by atoms with E-state index in [-0.39, 0.29) is 24.0 Å². The number of likely N-dealkylation sites (tertiary alicyclic amines) is 1. The summed E-state index contributed by atoms with van der Waals surface area (Å²) >= 11 is 6.08. The van der Waals surface area contributed by atoms with E-state index in [2.05, 4.69) is 15.9 Å². The van der Waals surface area contributed by atoms with Crippen molar-refractivity contribution in [1.29, 1.82) is 0 Å². The summed E-state index contributed by atoms with van der Waals surface area (Å²) in [6, 6.07) is 7.97. The van der Waals surface area contributed by atoms with Crippen LogP contribution in [0.3, 0.4) is 0 Å². The molecule has 2 aliphatic heterocycles. The first-order valence-electron chi connectivity index (χ1n) is 9.14. The predicted molar refractivity (Wildman–Crippen MR) is 113 cm³/mol. The zero-order valence-corrected chi connectivity index (χ0v) is 17.7. The highest BCUT2D eigenvalue weighted by atomic mass is 127. The normalized spacial score (nSPS) is 22.6. The molecule has 1 saturated carbocycles. The molecule has 3 fully saturated rings. The molecule has 0 unspecified atom stereocenters. The van der Waals surface area contributed by atoms with Crippen molar-refractivity contribution in [2.75, 3.05) is 50.7 Å². The summed E-state index contributed by atoms with van der Waals surface area (Å²) in [6.45, 7) is 6.25. The third-order valence-corrected chi connectivity index (χ3v) is 6.33. The van der Waals surface area contributed by atoms with Crippen molar-refractivity contribution < 1.29 is 4.79 Å². The van der Waals surface area contributed by atoms with E-state index < -0.39 is 0 Å². The SMILES string of the molecule is I.O=C(CN1CCC2(CCC2)C1)N1CCN(c2cccc(Cl)c2)CC1. The zero-order chi connectivity index (χ0) is 16.6. The molecular weight excluding hydrogens is 449 g/mol. The van der Waals surface area contributed by atoms with Crippen LogP contribution in [0.25, 0.3) is 0 Å². The van der Waals surface area contributed by atoms with Gasteiger partial charge in [0.1, 0.15) is 0 Å². The summed E-state index contributed by atoms with van der Waals surface area (Å²) in [6.07, 6.45) is 5.42. The Labute approximate surface area is 172 Å². The molecule has 1 aliphatic carbocycles. The molecule has 1 spiro atoms. The molecule has 1 aromatic rings. The fraction of sp³-hybridized carbons (Fsp3) is 0.632. The van der Waals surface area contributed by atoms with Crippen LogP contribution >= 0.6 is 35.6 Å². The van der Waals surface area contributed by atoms with Gasteiger partial charge in [-0.25, -0.2) is 0 Å². The number of hydrogen-bond acceptors (Lipinski definition) is 3. The highest BCUT2D eigenvalue weighted by Gasteiger charge is 2.43. The summed E-state index contributed by atoms with van der Waals surface area (Å²) in [5, 5.41) is 0.768. The summed E-state index contributed by atoms with van der Waals surface area (Å²) in [5.41, 5.74) is 1.73. The van der Waals surface area contributed by atoms with Crippen LogP contribution in [0.5, 0.6) is 0 Å². The fourth-order valence-electron chi connectivity index (χ4n) is 4.43. The number of rotatable bonds is 3. The number of carbonyl (C=O) groups excluding carboxylic acids is 1. The van der Waals surface area contributed by atoms with E-state index in [1.54, 1.807) is 0 Å². The number of amides is 1. The van der Waals surface area contributed by atoms with Crippen molar-refractivity contribution in [2.45, 2.75) is 25.7 Å². The molecule has 1 amide bonds. The van der Waals surface area contributed by atoms with E-state index in [1.165, 1.54) is 25.7 Å². The first kappa shape index (κ1) is 19.2. The van der Waals surface area contributed by atoms with Crippen LogP contribution < -0.4 is 4.90 Å². The largest absolute Gasteiger partial charge is 0.368 e. The molecule has 0 atom stereocenters. The van der Waals surface area contributed by atoms with Gasteiger partial charge in [0.2, 0.25) is 5.91 Å². The summed E-state index contributed by atoms with van der Waals surface area (Å²) in [7, 11) is 0. The lowest BCUT2D eigenvalue weighted by atomic mass is 9.68. The summed E-state index contributed by atoms with van der Waals surface area (Å²) in [5.74, 6) is 0.303. The Bertz CT molecular complexity index is 614. The predicted octanol–water partition coefficient (Wildman–Crippen LogP) is 3.48. The van der Waals surface area contributed by atoms with Gasteiger partial charge in [0.05, 0.1) is 6.54 Å². The Kier molecular flexibility index (Phi) is 6.16. The van der Waals surface area contributed by atoms with Gasteiger partial charge < -0.3 is 9.80 Å². The van der Waals surface area contributed by atoms with Crippen molar-refractivity contribution in [3.63, 3.8) is 0 Å². The Morgan fingerprint density at radius 1 is 1.08 bits per heavy atom. The van der Waals surface area contributed by atoms with Gasteiger partial charge in [0, 0.05) is 43.4 Å². The highest BCUT2D eigenvalue weighted by Crippen LogP contribution is 2.47. The molecule has 6 heteroatoms. The van der Waals surface area contributed by atoms with Crippen molar-refractivity contribution in [1.82, 2.24) is 9.80 Å². The molecule has 3 aliphatic rings. The molecule has 4 nitrogen and oxygen atoms in total. The number of anilines is 1. The maximum absolute atomic E-state index is 12.6. The van der Waals surface area contributed by atoms with Crippen LogP contribution in [0.1, 0.15) is 25.7 Å². The summed E-state index contributed by atoms with van der Waals surface area (Å²) < 4.78 is 0.